The largest absolute Gasteiger partial charge is 0.633 e. The first-order valence-corrected chi connectivity index (χ1v) is 10.9. The van der Waals surface area contributed by atoms with Crippen LogP contribution >= 0.6 is 0 Å². The van der Waals surface area contributed by atoms with Crippen molar-refractivity contribution in [2.75, 3.05) is 20.2 Å². The van der Waals surface area contributed by atoms with Gasteiger partial charge in [0.25, 0.3) is 0 Å². The summed E-state index contributed by atoms with van der Waals surface area (Å²) in [5.41, 5.74) is 3.41. The fourth-order valence-electron chi connectivity index (χ4n) is 8.80. The second kappa shape index (κ2) is 4.99. The lowest BCUT2D eigenvalue weighted by atomic mass is 9.45. The molecule has 0 aromatic rings. The molecule has 2 aliphatic heterocycles. The summed E-state index contributed by atoms with van der Waals surface area (Å²) in [4.78, 5) is 27.0. The van der Waals surface area contributed by atoms with Crippen molar-refractivity contribution >= 4 is 11.8 Å². The summed E-state index contributed by atoms with van der Waals surface area (Å²) < 4.78 is 5.03. The highest BCUT2D eigenvalue weighted by molar-refractivity contribution is 6.01. The molecule has 1 spiro atoms. The summed E-state index contributed by atoms with van der Waals surface area (Å²) in [6.45, 7) is 5.58. The third kappa shape index (κ3) is 1.59. The first-order valence-electron chi connectivity index (χ1n) is 10.9. The molecule has 0 N–H and O–H groups in total. The van der Waals surface area contributed by atoms with Crippen LogP contribution in [0.25, 0.3) is 0 Å². The quantitative estimate of drug-likeness (QED) is 0.396. The van der Waals surface area contributed by atoms with Gasteiger partial charge in [-0.15, -0.1) is 0 Å². The molecule has 150 valence electrons. The van der Waals surface area contributed by atoms with E-state index in [4.69, 9.17) is 4.74 Å². The van der Waals surface area contributed by atoms with Gasteiger partial charge in [-0.05, 0) is 43.3 Å². The van der Waals surface area contributed by atoms with Crippen LogP contribution in [0, 0.1) is 33.8 Å². The molecular weight excluding hydrogens is 354 g/mol. The van der Waals surface area contributed by atoms with E-state index in [2.05, 4.69) is 13.8 Å². The Morgan fingerprint density at radius 2 is 2.04 bits per heavy atom. The molecule has 1 saturated carbocycles. The number of carbonyl (C=O) groups excluding carboxylic acids is 2. The van der Waals surface area contributed by atoms with Gasteiger partial charge in [-0.3, -0.25) is 4.79 Å². The fraction of sp³-hybridized carbons (Fsp3) is 0.739. The number of rotatable bonds is 1. The summed E-state index contributed by atoms with van der Waals surface area (Å²) in [7, 11) is 1.44. The molecule has 2 bridgehead atoms. The molecule has 0 aromatic carbocycles. The van der Waals surface area contributed by atoms with E-state index in [1.54, 1.807) is 0 Å². The predicted molar refractivity (Wildman–Crippen MR) is 103 cm³/mol. The fourth-order valence-corrected chi connectivity index (χ4v) is 8.80. The molecule has 6 aliphatic rings. The molecule has 2 saturated heterocycles. The predicted octanol–water partition coefficient (Wildman–Crippen LogP) is 3.29. The van der Waals surface area contributed by atoms with E-state index in [1.165, 1.54) is 18.3 Å². The van der Waals surface area contributed by atoms with Gasteiger partial charge in [-0.1, -0.05) is 19.4 Å². The van der Waals surface area contributed by atoms with Crippen LogP contribution in [0.2, 0.25) is 0 Å². The van der Waals surface area contributed by atoms with Gasteiger partial charge < -0.3 is 14.6 Å². The van der Waals surface area contributed by atoms with Gasteiger partial charge >= 0.3 is 5.97 Å². The van der Waals surface area contributed by atoms with Gasteiger partial charge in [0, 0.05) is 35.2 Å². The monoisotopic (exact) mass is 383 g/mol. The molecular formula is C23H29NO4. The maximum atomic E-state index is 14.3. The first-order chi connectivity index (χ1) is 13.3. The van der Waals surface area contributed by atoms with Crippen LogP contribution in [0.5, 0.6) is 0 Å². The van der Waals surface area contributed by atoms with E-state index in [9.17, 15) is 14.8 Å². The topological polar surface area (TPSA) is 66.4 Å². The number of hydroxylamine groups is 3. The van der Waals surface area contributed by atoms with E-state index in [0.29, 0.717) is 25.3 Å². The Morgan fingerprint density at radius 1 is 1.25 bits per heavy atom. The number of piperidine rings is 1. The van der Waals surface area contributed by atoms with Crippen LogP contribution < -0.4 is 0 Å². The Labute approximate surface area is 166 Å². The van der Waals surface area contributed by atoms with Crippen molar-refractivity contribution in [3.05, 3.63) is 27.5 Å². The molecule has 28 heavy (non-hydrogen) atoms. The molecule has 6 rings (SSSR count). The molecule has 5 heteroatoms. The average molecular weight is 383 g/mol. The van der Waals surface area contributed by atoms with E-state index >= 15 is 0 Å². The van der Waals surface area contributed by atoms with E-state index in [1.807, 2.05) is 0 Å². The standard InChI is InChI=1S/C23H29NO4/c1-12-10-24(27)11-14-6-4-13-5-7-15-17(21(26)28-3)9-23(19(13)15)20(25)16(12)8-18(24)22(14,23)2/h12,14,16,18H,4-11H2,1-3H3/t12?,14?,16?,18?,22-,23+,24?/m1/s1. The lowest BCUT2D eigenvalue weighted by Gasteiger charge is -2.62. The smallest absolute Gasteiger partial charge is 0.334 e. The summed E-state index contributed by atoms with van der Waals surface area (Å²) in [5.74, 6) is 0.405. The molecule has 4 aliphatic carbocycles. The minimum Gasteiger partial charge on any atom is -0.633 e. The number of nitrogens with zero attached hydrogens (tertiary/aromatic N) is 1. The zero-order chi connectivity index (χ0) is 19.6. The summed E-state index contributed by atoms with van der Waals surface area (Å²) >= 11 is 0. The summed E-state index contributed by atoms with van der Waals surface area (Å²) in [5, 5.41) is 14.0. The van der Waals surface area contributed by atoms with Crippen LogP contribution in [-0.2, 0) is 14.3 Å². The molecule has 3 fully saturated rings. The van der Waals surface area contributed by atoms with Crippen molar-refractivity contribution < 1.29 is 19.0 Å². The number of hydrogen-bond acceptors (Lipinski definition) is 4. The van der Waals surface area contributed by atoms with Crippen molar-refractivity contribution in [1.82, 2.24) is 0 Å². The van der Waals surface area contributed by atoms with Crippen LogP contribution in [0.4, 0.5) is 0 Å². The highest BCUT2D eigenvalue weighted by atomic mass is 16.6. The highest BCUT2D eigenvalue weighted by Crippen LogP contribution is 2.74. The van der Waals surface area contributed by atoms with Gasteiger partial charge in [0.1, 0.15) is 5.78 Å². The number of ketones is 1. The first kappa shape index (κ1) is 17.4. The van der Waals surface area contributed by atoms with Crippen LogP contribution in [0.15, 0.2) is 22.3 Å². The minimum absolute atomic E-state index is 0.0119. The number of carbonyl (C=O) groups is 2. The van der Waals surface area contributed by atoms with Gasteiger partial charge in [0.15, 0.2) is 0 Å². The van der Waals surface area contributed by atoms with Crippen LogP contribution in [0.3, 0.4) is 0 Å². The molecule has 0 amide bonds. The van der Waals surface area contributed by atoms with Crippen molar-refractivity contribution in [2.45, 2.75) is 58.4 Å². The van der Waals surface area contributed by atoms with Crippen LogP contribution in [-0.4, -0.2) is 42.6 Å². The van der Waals surface area contributed by atoms with Crippen molar-refractivity contribution in [3.63, 3.8) is 0 Å². The number of hydrogen-bond donors (Lipinski definition) is 0. The number of methoxy groups -OCH3 is 1. The van der Waals surface area contributed by atoms with Crippen molar-refractivity contribution in [1.29, 1.82) is 0 Å². The van der Waals surface area contributed by atoms with E-state index in [-0.39, 0.29) is 39.8 Å². The third-order valence-corrected chi connectivity index (χ3v) is 9.87. The lowest BCUT2D eigenvalue weighted by Crippen LogP contribution is -2.68. The number of esters is 1. The SMILES string of the molecule is COC(=O)C1=C2CCC3=C2[C@@]2(C1)C(=O)C1CC4[C@@]2(C)C(CC3)C[N+]4([O-])CC1C. The Kier molecular flexibility index (Phi) is 3.10. The normalized spacial score (nSPS) is 50.8. The van der Waals surface area contributed by atoms with Crippen molar-refractivity contribution in [3.8, 4) is 0 Å². The summed E-state index contributed by atoms with van der Waals surface area (Å²) in [6.07, 6.45) is 5.03. The molecule has 2 heterocycles. The van der Waals surface area contributed by atoms with Gasteiger partial charge in [0.05, 0.1) is 31.7 Å². The minimum atomic E-state index is -0.661. The second-order valence-electron chi connectivity index (χ2n) is 10.5. The number of fused-ring (bicyclic) bond motifs is 1. The Balaban J connectivity index is 1.65. The highest BCUT2D eigenvalue weighted by Gasteiger charge is 2.78. The number of quaternary nitrogens is 1. The summed E-state index contributed by atoms with van der Waals surface area (Å²) in [6, 6.07) is -0.0119. The van der Waals surface area contributed by atoms with Gasteiger partial charge in [-0.2, -0.15) is 0 Å². The second-order valence-corrected chi connectivity index (χ2v) is 10.5. The maximum Gasteiger partial charge on any atom is 0.334 e. The molecule has 5 nitrogen and oxygen atoms in total. The zero-order valence-electron chi connectivity index (χ0n) is 17.0. The number of allylic oxidation sites excluding steroid dienone is 3. The molecule has 7 atom stereocenters. The molecule has 0 radical (unpaired) electrons. The number of ether oxygens (including phenoxy) is 1. The molecule has 5 unspecified atom stereocenters. The van der Waals surface area contributed by atoms with Crippen molar-refractivity contribution in [2.24, 2.45) is 28.6 Å². The Hall–Kier alpha value is -1.46. The number of Topliss-reactive ketones (excluding diaryl/α,β-unsaturated/α-hetero) is 1. The zero-order valence-corrected chi connectivity index (χ0v) is 17.0. The van der Waals surface area contributed by atoms with Gasteiger partial charge in [0.2, 0.25) is 0 Å². The van der Waals surface area contributed by atoms with Crippen LogP contribution in [0.1, 0.15) is 52.4 Å². The van der Waals surface area contributed by atoms with E-state index < -0.39 is 5.41 Å². The lowest BCUT2D eigenvalue weighted by molar-refractivity contribution is -0.908. The Morgan fingerprint density at radius 3 is 2.79 bits per heavy atom. The Bertz CT molecular complexity index is 902. The third-order valence-electron chi connectivity index (χ3n) is 9.87. The maximum absolute atomic E-state index is 14.3. The average Bonchev–Trinajstić information content (AvgIpc) is 3.26. The van der Waals surface area contributed by atoms with Gasteiger partial charge in [-0.25, -0.2) is 4.79 Å². The molecule has 0 aromatic heterocycles. The van der Waals surface area contributed by atoms with E-state index in [0.717, 1.165) is 43.3 Å².